The lowest BCUT2D eigenvalue weighted by atomic mass is 9.73. The molecule has 4 aliphatic heterocycles. The largest absolute Gasteiger partial charge is 0.509 e. The summed E-state index contributed by atoms with van der Waals surface area (Å²) in [4.78, 5) is 68.0. The molecule has 23 nitrogen and oxygen atoms in total. The highest BCUT2D eigenvalue weighted by Crippen LogP contribution is 2.44. The number of cyclic esters (lactones) is 1. The van der Waals surface area contributed by atoms with E-state index in [2.05, 4.69) is 10.5 Å². The molecule has 5 heterocycles. The van der Waals surface area contributed by atoms with E-state index in [0.29, 0.717) is 43.3 Å². The van der Waals surface area contributed by atoms with E-state index in [-0.39, 0.29) is 49.1 Å². The maximum Gasteiger partial charge on any atom is 0.509 e. The maximum absolute atomic E-state index is 14.8. The van der Waals surface area contributed by atoms with Crippen molar-refractivity contribution < 1.29 is 82.3 Å². The highest BCUT2D eigenvalue weighted by Gasteiger charge is 2.59. The summed E-state index contributed by atoms with van der Waals surface area (Å²) in [5.74, 6) is -6.07. The summed E-state index contributed by atoms with van der Waals surface area (Å²) in [7, 11) is 8.68. The zero-order valence-corrected chi connectivity index (χ0v) is 48.6. The van der Waals surface area contributed by atoms with Crippen LogP contribution in [0.15, 0.2) is 34.3 Å². The van der Waals surface area contributed by atoms with E-state index in [0.717, 1.165) is 5.56 Å². The molecule has 2 aromatic rings. The Morgan fingerprint density at radius 1 is 0.937 bits per heavy atom. The number of carboxylic acids is 1. The summed E-state index contributed by atoms with van der Waals surface area (Å²) >= 11 is 0. The Balaban J connectivity index is 1.20. The van der Waals surface area contributed by atoms with Gasteiger partial charge in [-0.05, 0) is 112 Å². The van der Waals surface area contributed by atoms with Crippen LogP contribution in [0.4, 0.5) is 4.79 Å². The van der Waals surface area contributed by atoms with Crippen molar-refractivity contribution in [3.63, 3.8) is 0 Å². The number of nitrogens with one attached hydrogen (secondary N) is 1. The zero-order valence-electron chi connectivity index (χ0n) is 48.6. The molecule has 4 fully saturated rings. The topological polar surface area (TPSA) is 285 Å². The van der Waals surface area contributed by atoms with Gasteiger partial charge in [0.15, 0.2) is 30.4 Å². The van der Waals surface area contributed by atoms with Crippen molar-refractivity contribution >= 4 is 40.7 Å². The molecule has 6 rings (SSSR count). The summed E-state index contributed by atoms with van der Waals surface area (Å²) < 4.78 is 58.1. The van der Waals surface area contributed by atoms with Crippen LogP contribution in [-0.2, 0) is 58.6 Å². The number of aliphatic hydroxyl groups is 2. The number of aryl methyl sites for hydroxylation is 1. The zero-order chi connectivity index (χ0) is 58.6. The van der Waals surface area contributed by atoms with Crippen molar-refractivity contribution in [2.24, 2.45) is 28.8 Å². The van der Waals surface area contributed by atoms with Crippen LogP contribution >= 0.6 is 0 Å². The summed E-state index contributed by atoms with van der Waals surface area (Å²) in [6, 6.07) is 5.05. The number of carboxylic acid groups (broad SMARTS) is 1. The minimum Gasteiger partial charge on any atom is -0.477 e. The monoisotopic (exact) mass is 1120 g/mol. The van der Waals surface area contributed by atoms with Crippen molar-refractivity contribution in [1.82, 2.24) is 14.9 Å². The van der Waals surface area contributed by atoms with Crippen molar-refractivity contribution in [3.8, 4) is 0 Å². The van der Waals surface area contributed by atoms with Crippen molar-refractivity contribution in [3.05, 3.63) is 45.7 Å². The number of ether oxygens (including phenoxy) is 9. The minimum atomic E-state index is -1.83. The Morgan fingerprint density at radius 3 is 2.25 bits per heavy atom. The van der Waals surface area contributed by atoms with Gasteiger partial charge in [0.1, 0.15) is 23.4 Å². The van der Waals surface area contributed by atoms with Crippen LogP contribution < -0.4 is 15.8 Å². The number of aliphatic hydroxyl groups excluding tert-OH is 1. The molecule has 4 aliphatic rings. The number of pyridine rings is 1. The number of methoxy groups -OCH3 is 1. The third kappa shape index (κ3) is 13.9. The van der Waals surface area contributed by atoms with Crippen LogP contribution in [0.5, 0.6) is 0 Å². The van der Waals surface area contributed by atoms with E-state index in [1.54, 1.807) is 98.2 Å². The third-order valence-corrected chi connectivity index (χ3v) is 16.7. The number of carbonyl (C=O) groups is 4. The van der Waals surface area contributed by atoms with Crippen molar-refractivity contribution in [2.45, 2.75) is 198 Å². The molecule has 0 aliphatic carbocycles. The molecule has 0 radical (unpaired) electrons. The van der Waals surface area contributed by atoms with Crippen molar-refractivity contribution in [2.75, 3.05) is 53.4 Å². The lowest BCUT2D eigenvalue weighted by Gasteiger charge is -2.49. The highest BCUT2D eigenvalue weighted by molar-refractivity contribution is 5.93. The van der Waals surface area contributed by atoms with E-state index >= 15 is 0 Å². The number of hydrogen-bond donors (Lipinski definition) is 5. The predicted molar refractivity (Wildman–Crippen MR) is 289 cm³/mol. The second-order valence-corrected chi connectivity index (χ2v) is 23.3. The van der Waals surface area contributed by atoms with E-state index < -0.39 is 125 Å². The molecule has 79 heavy (non-hydrogen) atoms. The first-order valence-electron chi connectivity index (χ1n) is 27.6. The number of fused-ring (bicyclic) bond motifs is 2. The Labute approximate surface area is 463 Å². The minimum absolute atomic E-state index is 0.00860. The number of esters is 2. The molecular formula is C56H87N5O18. The van der Waals surface area contributed by atoms with Crippen LogP contribution in [0.2, 0.25) is 0 Å². The molecule has 5 N–H and O–H groups in total. The van der Waals surface area contributed by atoms with Gasteiger partial charge in [-0.1, -0.05) is 38.9 Å². The quantitative estimate of drug-likeness (QED) is 0.0476. The SMILES string of the molecule is CC[C@H]1OC(=O)[C@H](C)[C@@H](O[C@H]2C[C@@](C)(OC)[C@@H](OC(=O)CCNCCCc3ccc4c(c3)c(=O)c(C(=O)O)cn4N(C)C)[C@H](C)O2)[C@H](C)[C@@H](O[C@@H]2O[C@H](C)C[C@H](N(C)C)[C@H]2O)[C@](C)(O)C[C@@H](C)/C(=N\O)[C@@H](C)[C@H]2OC(=O)O[C@@]21C. The van der Waals surface area contributed by atoms with Crippen LogP contribution in [-0.4, -0.2) is 193 Å². The Kier molecular flexibility index (Phi) is 20.7. The second-order valence-electron chi connectivity index (χ2n) is 23.3. The molecule has 1 aromatic carbocycles. The lowest BCUT2D eigenvalue weighted by molar-refractivity contribution is -0.318. The van der Waals surface area contributed by atoms with Gasteiger partial charge in [0, 0.05) is 69.5 Å². The van der Waals surface area contributed by atoms with E-state index in [1.165, 1.54) is 13.3 Å². The number of hydrogen-bond acceptors (Lipinski definition) is 21. The first-order valence-corrected chi connectivity index (χ1v) is 27.6. The molecule has 18 atom stereocenters. The van der Waals surface area contributed by atoms with Gasteiger partial charge in [-0.3, -0.25) is 19.1 Å². The fourth-order valence-corrected chi connectivity index (χ4v) is 12.4. The molecule has 0 bridgehead atoms. The number of likely N-dealkylation sites (N-methyl/N-ethyl adjacent to an activating group) is 1. The average Bonchev–Trinajstić information content (AvgIpc) is 3.76. The number of oxime groups is 1. The van der Waals surface area contributed by atoms with Crippen LogP contribution in [0.3, 0.4) is 0 Å². The summed E-state index contributed by atoms with van der Waals surface area (Å²) in [5.41, 5.74) is -3.80. The molecule has 0 amide bonds. The first-order chi connectivity index (χ1) is 37.0. The van der Waals surface area contributed by atoms with Crippen molar-refractivity contribution in [1.29, 1.82) is 0 Å². The number of rotatable bonds is 17. The Hall–Kier alpha value is -4.98. The van der Waals surface area contributed by atoms with E-state index in [1.807, 2.05) is 32.0 Å². The summed E-state index contributed by atoms with van der Waals surface area (Å²) in [5, 5.41) is 53.8. The van der Waals surface area contributed by atoms with Gasteiger partial charge in [-0.25, -0.2) is 9.59 Å². The molecule has 0 saturated carbocycles. The van der Waals surface area contributed by atoms with Gasteiger partial charge in [0.05, 0.1) is 53.6 Å². The second kappa shape index (κ2) is 25.9. The summed E-state index contributed by atoms with van der Waals surface area (Å²) in [6.07, 6.45) is -7.94. The lowest BCUT2D eigenvalue weighted by Crippen LogP contribution is -2.61. The number of benzene rings is 1. The smallest absolute Gasteiger partial charge is 0.477 e. The highest BCUT2D eigenvalue weighted by atomic mass is 16.8. The molecular weight excluding hydrogens is 1030 g/mol. The van der Waals surface area contributed by atoms with Gasteiger partial charge in [-0.2, -0.15) is 0 Å². The van der Waals surface area contributed by atoms with Gasteiger partial charge in [0.25, 0.3) is 0 Å². The maximum atomic E-state index is 14.8. The fourth-order valence-electron chi connectivity index (χ4n) is 12.4. The van der Waals surface area contributed by atoms with Gasteiger partial charge >= 0.3 is 24.1 Å². The van der Waals surface area contributed by atoms with E-state index in [9.17, 15) is 44.5 Å². The number of carbonyl (C=O) groups excluding carboxylic acids is 3. The molecule has 1 aromatic heterocycles. The van der Waals surface area contributed by atoms with Gasteiger partial charge < -0.3 is 78.4 Å². The van der Waals surface area contributed by atoms with Gasteiger partial charge in [-0.15, -0.1) is 0 Å². The molecule has 4 saturated heterocycles. The Morgan fingerprint density at radius 2 is 1.63 bits per heavy atom. The third-order valence-electron chi connectivity index (χ3n) is 16.7. The van der Waals surface area contributed by atoms with Crippen LogP contribution in [0.25, 0.3) is 10.9 Å². The standard InChI is InChI=1S/C56H87N5O18/c1-16-40-56(10)48(78-53(68)79-56)31(4)43(58-70)29(2)26-54(8,69)47(77-52-45(64)39(59(11)12)24-30(3)72-52)32(5)46(33(6)51(67)74-40)76-42-27-55(9,71-15)49(34(7)73-42)75-41(62)21-23-57-22-17-18-35-19-20-38-36(25-35)44(63)37(50(65)66)28-61(38)60(13)14/h19-20,25,28-34,39-40,42,45-49,52,57,64,69-70H,16-18,21-24,26-27H2,1-15H3,(H,65,66)/b58-43+/t29-,30-,31-,32+,33-,34+,39+,40-,42+,45-,46+,47-,48-,49+,52+,54-,55-,56-/m1/s1. The number of aromatic nitrogens is 1. The van der Waals surface area contributed by atoms with E-state index in [4.69, 9.17) is 42.6 Å². The fraction of sp³-hybridized carbons (Fsp3) is 0.750. The first kappa shape index (κ1) is 63.2. The number of nitrogens with zero attached hydrogens (tertiary/aromatic N) is 4. The van der Waals surface area contributed by atoms with Crippen LogP contribution in [0.1, 0.15) is 124 Å². The number of aromatic carboxylic acids is 1. The molecule has 0 spiro atoms. The Bertz CT molecular complexity index is 2560. The predicted octanol–water partition coefficient (Wildman–Crippen LogP) is 4.60. The summed E-state index contributed by atoms with van der Waals surface area (Å²) in [6.45, 7) is 18.0. The normalized spacial score (nSPS) is 37.2. The molecule has 0 unspecified atom stereocenters. The van der Waals surface area contributed by atoms with Gasteiger partial charge in [0.2, 0.25) is 5.43 Å². The molecule has 444 valence electrons. The molecule has 23 heteroatoms. The van der Waals surface area contributed by atoms with Crippen LogP contribution in [0, 0.1) is 23.7 Å². The average molecular weight is 1120 g/mol.